The minimum atomic E-state index is 0.151. The Kier molecular flexibility index (Phi) is 3.31. The second-order valence-corrected chi connectivity index (χ2v) is 7.32. The lowest BCUT2D eigenvalue weighted by atomic mass is 9.72. The predicted molar refractivity (Wildman–Crippen MR) is 89.7 cm³/mol. The number of aryl methyl sites for hydroxylation is 1. The van der Waals surface area contributed by atoms with E-state index in [-0.39, 0.29) is 5.41 Å². The zero-order valence-electron chi connectivity index (χ0n) is 13.6. The largest absolute Gasteiger partial charge is 0.396 e. The van der Waals surface area contributed by atoms with E-state index in [4.69, 9.17) is 0 Å². The van der Waals surface area contributed by atoms with E-state index in [9.17, 15) is 5.11 Å². The lowest BCUT2D eigenvalue weighted by Gasteiger charge is -2.35. The average molecular weight is 298 g/mol. The fourth-order valence-corrected chi connectivity index (χ4v) is 4.94. The van der Waals surface area contributed by atoms with E-state index in [1.165, 1.54) is 35.7 Å². The summed E-state index contributed by atoms with van der Waals surface area (Å²) in [5.41, 5.74) is 2.86. The van der Waals surface area contributed by atoms with Crippen LogP contribution in [0.25, 0.3) is 10.9 Å². The molecule has 0 spiro atoms. The molecule has 1 aromatic carbocycles. The van der Waals surface area contributed by atoms with Crippen molar-refractivity contribution < 1.29 is 5.11 Å². The van der Waals surface area contributed by atoms with Crippen LogP contribution in [0.1, 0.15) is 38.2 Å². The molecule has 0 saturated carbocycles. The molecule has 2 saturated heterocycles. The van der Waals surface area contributed by atoms with Crippen molar-refractivity contribution >= 4 is 10.9 Å². The van der Waals surface area contributed by atoms with E-state index < -0.39 is 0 Å². The van der Waals surface area contributed by atoms with Gasteiger partial charge in [-0.25, -0.2) is 0 Å². The molecule has 1 N–H and O–H groups in total. The average Bonchev–Trinajstić information content (AvgIpc) is 3.20. The maximum atomic E-state index is 9.94. The van der Waals surface area contributed by atoms with Crippen LogP contribution in [0.5, 0.6) is 0 Å². The molecule has 1 aromatic heterocycles. The lowest BCUT2D eigenvalue weighted by molar-refractivity contribution is 0.0714. The Bertz CT molecular complexity index is 686. The van der Waals surface area contributed by atoms with Crippen molar-refractivity contribution in [3.63, 3.8) is 0 Å². The van der Waals surface area contributed by atoms with Gasteiger partial charge in [-0.05, 0) is 48.8 Å². The van der Waals surface area contributed by atoms with Crippen LogP contribution in [-0.2, 0) is 13.6 Å². The molecule has 118 valence electrons. The number of aliphatic hydroxyl groups excluding tert-OH is 1. The summed E-state index contributed by atoms with van der Waals surface area (Å²) in [4.78, 5) is 2.67. The van der Waals surface area contributed by atoms with Gasteiger partial charge in [0.25, 0.3) is 0 Å². The number of fused-ring (bicyclic) bond motifs is 3. The van der Waals surface area contributed by atoms with E-state index in [0.717, 1.165) is 13.0 Å². The summed E-state index contributed by atoms with van der Waals surface area (Å²) < 4.78 is 2.20. The Hall–Kier alpha value is -1.32. The molecule has 3 nitrogen and oxygen atoms in total. The van der Waals surface area contributed by atoms with Crippen LogP contribution in [0, 0.1) is 5.41 Å². The molecular formula is C19H26N2O. The van der Waals surface area contributed by atoms with Crippen LogP contribution in [0.4, 0.5) is 0 Å². The number of aliphatic hydroxyl groups is 1. The smallest absolute Gasteiger partial charge is 0.0502 e. The van der Waals surface area contributed by atoms with Crippen molar-refractivity contribution in [2.45, 2.75) is 51.2 Å². The molecule has 2 aliphatic heterocycles. The third kappa shape index (κ3) is 1.95. The summed E-state index contributed by atoms with van der Waals surface area (Å²) >= 11 is 0. The Morgan fingerprint density at radius 1 is 1.27 bits per heavy atom. The minimum Gasteiger partial charge on any atom is -0.396 e. The summed E-state index contributed by atoms with van der Waals surface area (Å²) in [6, 6.07) is 10.2. The van der Waals surface area contributed by atoms with Crippen molar-refractivity contribution in [3.05, 3.63) is 36.0 Å². The summed E-state index contributed by atoms with van der Waals surface area (Å²) in [6.45, 7) is 3.61. The molecule has 0 amide bonds. The first-order valence-electron chi connectivity index (χ1n) is 8.57. The van der Waals surface area contributed by atoms with Gasteiger partial charge in [-0.1, -0.05) is 19.1 Å². The second-order valence-electron chi connectivity index (χ2n) is 7.32. The first kappa shape index (κ1) is 14.3. The van der Waals surface area contributed by atoms with Crippen LogP contribution < -0.4 is 0 Å². The Morgan fingerprint density at radius 2 is 2.14 bits per heavy atom. The summed E-state index contributed by atoms with van der Waals surface area (Å²) in [5, 5.41) is 11.3. The van der Waals surface area contributed by atoms with Gasteiger partial charge in [0.2, 0.25) is 0 Å². The van der Waals surface area contributed by atoms with Crippen molar-refractivity contribution in [2.75, 3.05) is 6.61 Å². The topological polar surface area (TPSA) is 28.4 Å². The minimum absolute atomic E-state index is 0.151. The van der Waals surface area contributed by atoms with E-state index in [0.29, 0.717) is 18.7 Å². The van der Waals surface area contributed by atoms with Gasteiger partial charge in [0.1, 0.15) is 0 Å². The van der Waals surface area contributed by atoms with Gasteiger partial charge >= 0.3 is 0 Å². The highest BCUT2D eigenvalue weighted by atomic mass is 16.3. The predicted octanol–water partition coefficient (Wildman–Crippen LogP) is 3.30. The molecule has 2 bridgehead atoms. The highest BCUT2D eigenvalue weighted by molar-refractivity contribution is 5.80. The number of hydrogen-bond donors (Lipinski definition) is 1. The molecule has 3 heteroatoms. The first-order chi connectivity index (χ1) is 10.7. The van der Waals surface area contributed by atoms with Crippen molar-refractivity contribution in [2.24, 2.45) is 12.5 Å². The number of rotatable bonds is 4. The summed E-state index contributed by atoms with van der Waals surface area (Å²) in [5.74, 6) is 0. The normalized spacial score (nSPS) is 31.4. The standard InChI is InChI=1S/C19H26N2O/c1-3-19(13-22)11-16-6-7-18(19)21(16)12-14-4-5-15-8-9-20(2)17(15)10-14/h4-5,8-10,16,18,22H,3,6-7,11-13H2,1-2H3/t16-,18+,19-/m0/s1. The van der Waals surface area contributed by atoms with Gasteiger partial charge in [0.15, 0.2) is 0 Å². The fraction of sp³-hybridized carbons (Fsp3) is 0.579. The van der Waals surface area contributed by atoms with E-state index >= 15 is 0 Å². The van der Waals surface area contributed by atoms with Gasteiger partial charge < -0.3 is 9.67 Å². The Morgan fingerprint density at radius 3 is 2.86 bits per heavy atom. The highest BCUT2D eigenvalue weighted by Crippen LogP contribution is 2.51. The molecule has 2 aliphatic rings. The zero-order chi connectivity index (χ0) is 15.3. The molecule has 0 unspecified atom stereocenters. The van der Waals surface area contributed by atoms with Gasteiger partial charge in [0, 0.05) is 42.8 Å². The van der Waals surface area contributed by atoms with Crippen LogP contribution in [0.3, 0.4) is 0 Å². The van der Waals surface area contributed by atoms with Gasteiger partial charge in [0.05, 0.1) is 6.61 Å². The quantitative estimate of drug-likeness (QED) is 0.938. The third-order valence-corrected chi connectivity index (χ3v) is 6.33. The number of nitrogens with zero attached hydrogens (tertiary/aromatic N) is 2. The monoisotopic (exact) mass is 298 g/mol. The molecule has 4 rings (SSSR count). The Balaban J connectivity index is 1.61. The molecule has 2 aromatic rings. The molecule has 3 heterocycles. The summed E-state index contributed by atoms with van der Waals surface area (Å²) in [7, 11) is 2.11. The number of hydrogen-bond acceptors (Lipinski definition) is 2. The maximum Gasteiger partial charge on any atom is 0.0502 e. The molecular weight excluding hydrogens is 272 g/mol. The van der Waals surface area contributed by atoms with Crippen molar-refractivity contribution in [1.29, 1.82) is 0 Å². The second kappa shape index (κ2) is 5.10. The van der Waals surface area contributed by atoms with Crippen LogP contribution >= 0.6 is 0 Å². The van der Waals surface area contributed by atoms with Gasteiger partial charge in [-0.15, -0.1) is 0 Å². The zero-order valence-corrected chi connectivity index (χ0v) is 13.6. The lowest BCUT2D eigenvalue weighted by Crippen LogP contribution is -2.39. The van der Waals surface area contributed by atoms with Gasteiger partial charge in [-0.2, -0.15) is 0 Å². The molecule has 0 radical (unpaired) electrons. The number of benzene rings is 1. The highest BCUT2D eigenvalue weighted by Gasteiger charge is 2.54. The van der Waals surface area contributed by atoms with E-state index in [1.54, 1.807) is 0 Å². The van der Waals surface area contributed by atoms with Crippen molar-refractivity contribution in [1.82, 2.24) is 9.47 Å². The molecule has 2 fully saturated rings. The van der Waals surface area contributed by atoms with Crippen LogP contribution in [0.2, 0.25) is 0 Å². The Labute approximate surface area is 132 Å². The molecule has 0 aliphatic carbocycles. The van der Waals surface area contributed by atoms with Crippen molar-refractivity contribution in [3.8, 4) is 0 Å². The van der Waals surface area contributed by atoms with Crippen LogP contribution in [0.15, 0.2) is 30.5 Å². The third-order valence-electron chi connectivity index (χ3n) is 6.33. The van der Waals surface area contributed by atoms with E-state index in [1.807, 2.05) is 0 Å². The molecule has 3 atom stereocenters. The van der Waals surface area contributed by atoms with Crippen LogP contribution in [-0.4, -0.2) is 33.3 Å². The first-order valence-corrected chi connectivity index (χ1v) is 8.57. The fourth-order valence-electron chi connectivity index (χ4n) is 4.94. The SMILES string of the molecule is CC[C@@]1(CO)C[C@@H]2CC[C@H]1N2Cc1ccc2ccn(C)c2c1. The summed E-state index contributed by atoms with van der Waals surface area (Å²) in [6.07, 6.45) is 6.96. The number of aromatic nitrogens is 1. The maximum absolute atomic E-state index is 9.94. The molecule has 22 heavy (non-hydrogen) atoms. The van der Waals surface area contributed by atoms with E-state index in [2.05, 4.69) is 53.9 Å². The van der Waals surface area contributed by atoms with Gasteiger partial charge in [-0.3, -0.25) is 4.90 Å².